The van der Waals surface area contributed by atoms with Gasteiger partial charge in [-0.25, -0.2) is 9.97 Å². The van der Waals surface area contributed by atoms with Crippen molar-refractivity contribution in [3.05, 3.63) is 53.6 Å². The Labute approximate surface area is 172 Å². The van der Waals surface area contributed by atoms with Gasteiger partial charge in [0.1, 0.15) is 0 Å². The highest BCUT2D eigenvalue weighted by atomic mass is 16.2. The van der Waals surface area contributed by atoms with Gasteiger partial charge in [0.05, 0.1) is 11.9 Å². The number of hydrogen-bond acceptors (Lipinski definition) is 5. The second kappa shape index (κ2) is 8.72. The molecule has 1 N–H and O–H groups in total. The molecule has 2 aromatic rings. The first-order valence-corrected chi connectivity index (χ1v) is 10.5. The summed E-state index contributed by atoms with van der Waals surface area (Å²) in [5, 5.41) is 3.16. The van der Waals surface area contributed by atoms with Gasteiger partial charge in [0.15, 0.2) is 0 Å². The maximum absolute atomic E-state index is 12.9. The Kier molecular flexibility index (Phi) is 5.88. The molecule has 1 aliphatic carbocycles. The number of pyridine rings is 1. The zero-order valence-electron chi connectivity index (χ0n) is 17.3. The summed E-state index contributed by atoms with van der Waals surface area (Å²) >= 11 is 0. The van der Waals surface area contributed by atoms with Gasteiger partial charge in [-0.1, -0.05) is 11.1 Å². The number of nitrogens with zero attached hydrogens (tertiary/aromatic N) is 4. The smallest absolute Gasteiger partial charge is 0.227 e. The van der Waals surface area contributed by atoms with Crippen molar-refractivity contribution in [1.29, 1.82) is 0 Å². The van der Waals surface area contributed by atoms with Crippen molar-refractivity contribution >= 4 is 17.5 Å². The molecule has 0 unspecified atom stereocenters. The van der Waals surface area contributed by atoms with Gasteiger partial charge < -0.3 is 10.2 Å². The van der Waals surface area contributed by atoms with Crippen LogP contribution in [0.25, 0.3) is 0 Å². The summed E-state index contributed by atoms with van der Waals surface area (Å²) in [6.45, 7) is 6.04. The van der Waals surface area contributed by atoms with Crippen LogP contribution < -0.4 is 5.32 Å². The summed E-state index contributed by atoms with van der Waals surface area (Å²) in [7, 11) is 0. The van der Waals surface area contributed by atoms with Crippen LogP contribution in [0.1, 0.15) is 57.6 Å². The molecule has 2 aromatic heterocycles. The van der Waals surface area contributed by atoms with Crippen molar-refractivity contribution in [3.63, 3.8) is 0 Å². The first kappa shape index (κ1) is 19.6. The van der Waals surface area contributed by atoms with Crippen molar-refractivity contribution in [2.45, 2.75) is 51.9 Å². The van der Waals surface area contributed by atoms with Crippen molar-refractivity contribution in [2.75, 3.05) is 18.4 Å². The molecule has 0 saturated carbocycles. The third kappa shape index (κ3) is 4.63. The van der Waals surface area contributed by atoms with Crippen LogP contribution >= 0.6 is 0 Å². The molecule has 29 heavy (non-hydrogen) atoms. The van der Waals surface area contributed by atoms with E-state index < -0.39 is 0 Å². The maximum Gasteiger partial charge on any atom is 0.227 e. The number of amides is 1. The van der Waals surface area contributed by atoms with Crippen LogP contribution in [0, 0.1) is 5.92 Å². The Morgan fingerprint density at radius 3 is 2.45 bits per heavy atom. The number of piperidine rings is 1. The summed E-state index contributed by atoms with van der Waals surface area (Å²) in [4.78, 5) is 28.0. The number of carbonyl (C=O) groups excluding carboxylic acids is 1. The highest BCUT2D eigenvalue weighted by Crippen LogP contribution is 2.33. The predicted octanol–water partition coefficient (Wildman–Crippen LogP) is 4.46. The van der Waals surface area contributed by atoms with Crippen LogP contribution in [0.4, 0.5) is 11.6 Å². The van der Waals surface area contributed by atoms with Crippen LogP contribution in [-0.2, 0) is 4.79 Å². The van der Waals surface area contributed by atoms with E-state index in [2.05, 4.69) is 45.1 Å². The van der Waals surface area contributed by atoms with E-state index in [1.54, 1.807) is 18.5 Å². The number of rotatable bonds is 4. The van der Waals surface area contributed by atoms with E-state index in [4.69, 9.17) is 0 Å². The summed E-state index contributed by atoms with van der Waals surface area (Å²) in [6, 6.07) is 5.89. The van der Waals surface area contributed by atoms with Crippen LogP contribution in [-0.4, -0.2) is 38.8 Å². The van der Waals surface area contributed by atoms with Crippen molar-refractivity contribution < 1.29 is 4.79 Å². The number of nitrogens with one attached hydrogen (secondary N) is 1. The SMILES string of the molecule is CC1=C(C)C[C@H](C(=O)N2CCC(c3ccc(Nc4ncccn4)cn3)CC2)CC1. The molecule has 0 radical (unpaired) electrons. The fourth-order valence-electron chi connectivity index (χ4n) is 4.33. The number of hydrogen-bond donors (Lipinski definition) is 1. The van der Waals surface area contributed by atoms with Crippen molar-refractivity contribution in [2.24, 2.45) is 5.92 Å². The largest absolute Gasteiger partial charge is 0.342 e. The molecule has 152 valence electrons. The van der Waals surface area contributed by atoms with E-state index in [9.17, 15) is 4.79 Å². The van der Waals surface area contributed by atoms with Gasteiger partial charge in [-0.2, -0.15) is 0 Å². The highest BCUT2D eigenvalue weighted by Gasteiger charge is 2.30. The summed E-state index contributed by atoms with van der Waals surface area (Å²) in [5.41, 5.74) is 4.85. The molecular formula is C23H29N5O. The van der Waals surface area contributed by atoms with Gasteiger partial charge in [0.2, 0.25) is 11.9 Å². The second-order valence-corrected chi connectivity index (χ2v) is 8.27. The van der Waals surface area contributed by atoms with E-state index >= 15 is 0 Å². The van der Waals surface area contributed by atoms with Crippen LogP contribution in [0.15, 0.2) is 47.9 Å². The fourth-order valence-corrected chi connectivity index (χ4v) is 4.33. The molecule has 1 saturated heterocycles. The third-order valence-electron chi connectivity index (χ3n) is 6.33. The number of aromatic nitrogens is 3. The average molecular weight is 392 g/mol. The highest BCUT2D eigenvalue weighted by molar-refractivity contribution is 5.79. The molecule has 6 heteroatoms. The van der Waals surface area contributed by atoms with Crippen LogP contribution in [0.5, 0.6) is 0 Å². The number of allylic oxidation sites excluding steroid dienone is 2. The first-order chi connectivity index (χ1) is 14.1. The minimum Gasteiger partial charge on any atom is -0.342 e. The van der Waals surface area contributed by atoms with Gasteiger partial charge in [-0.15, -0.1) is 0 Å². The van der Waals surface area contributed by atoms with Crippen molar-refractivity contribution in [1.82, 2.24) is 19.9 Å². The van der Waals surface area contributed by atoms with Crippen LogP contribution in [0.3, 0.4) is 0 Å². The minimum absolute atomic E-state index is 0.180. The van der Waals surface area contributed by atoms with Gasteiger partial charge in [-0.05, 0) is 64.2 Å². The van der Waals surface area contributed by atoms with Gasteiger partial charge in [0.25, 0.3) is 0 Å². The fraction of sp³-hybridized carbons (Fsp3) is 0.478. The first-order valence-electron chi connectivity index (χ1n) is 10.5. The van der Waals surface area contributed by atoms with E-state index in [-0.39, 0.29) is 5.92 Å². The zero-order chi connectivity index (χ0) is 20.2. The molecule has 0 spiro atoms. The zero-order valence-corrected chi connectivity index (χ0v) is 17.3. The van der Waals surface area contributed by atoms with E-state index in [1.807, 2.05) is 12.3 Å². The summed E-state index contributed by atoms with van der Waals surface area (Å²) < 4.78 is 0. The van der Waals surface area contributed by atoms with Crippen LogP contribution in [0.2, 0.25) is 0 Å². The number of carbonyl (C=O) groups is 1. The quantitative estimate of drug-likeness (QED) is 0.779. The van der Waals surface area contributed by atoms with Gasteiger partial charge >= 0.3 is 0 Å². The molecule has 1 atom stereocenters. The Hall–Kier alpha value is -2.76. The Morgan fingerprint density at radius 2 is 1.79 bits per heavy atom. The van der Waals surface area contributed by atoms with E-state index in [0.29, 0.717) is 17.8 Å². The molecule has 3 heterocycles. The lowest BCUT2D eigenvalue weighted by molar-refractivity contribution is -0.137. The summed E-state index contributed by atoms with van der Waals surface area (Å²) in [5.74, 6) is 1.51. The summed E-state index contributed by atoms with van der Waals surface area (Å²) in [6.07, 6.45) is 10.2. The van der Waals surface area contributed by atoms with Crippen molar-refractivity contribution in [3.8, 4) is 0 Å². The Balaban J connectivity index is 1.31. The lowest BCUT2D eigenvalue weighted by Gasteiger charge is -2.35. The Bertz CT molecular complexity index is 870. The molecule has 0 aromatic carbocycles. The Morgan fingerprint density at radius 1 is 1.03 bits per heavy atom. The number of likely N-dealkylation sites (tertiary alicyclic amines) is 1. The van der Waals surface area contributed by atoms with E-state index in [1.165, 1.54) is 11.1 Å². The second-order valence-electron chi connectivity index (χ2n) is 8.27. The molecule has 1 aliphatic heterocycles. The average Bonchev–Trinajstić information content (AvgIpc) is 2.77. The van der Waals surface area contributed by atoms with Gasteiger partial charge in [0, 0.05) is 43.0 Å². The normalized spacial score (nSPS) is 20.6. The molecule has 1 fully saturated rings. The molecule has 1 amide bonds. The lowest BCUT2D eigenvalue weighted by atomic mass is 9.83. The topological polar surface area (TPSA) is 71.0 Å². The molecular weight excluding hydrogens is 362 g/mol. The molecule has 0 bridgehead atoms. The molecule has 2 aliphatic rings. The van der Waals surface area contributed by atoms with E-state index in [0.717, 1.165) is 56.6 Å². The standard InChI is InChI=1S/C23H29N5O/c1-16-4-5-19(14-17(16)2)22(29)28-12-8-18(9-13-28)21-7-6-20(15-26-21)27-23-24-10-3-11-25-23/h3,6-7,10-11,15,18-19H,4-5,8-9,12-14H2,1-2H3,(H,24,25,27)/t19-/m1/s1. The maximum atomic E-state index is 12.9. The lowest BCUT2D eigenvalue weighted by Crippen LogP contribution is -2.42. The van der Waals surface area contributed by atoms with Gasteiger partial charge in [-0.3, -0.25) is 9.78 Å². The number of anilines is 2. The molecule has 4 rings (SSSR count). The predicted molar refractivity (Wildman–Crippen MR) is 114 cm³/mol. The molecule has 6 nitrogen and oxygen atoms in total. The minimum atomic E-state index is 0.180. The monoisotopic (exact) mass is 391 g/mol. The third-order valence-corrected chi connectivity index (χ3v) is 6.33.